The third-order valence-electron chi connectivity index (χ3n) is 3.92. The molecule has 0 saturated heterocycles. The zero-order chi connectivity index (χ0) is 13.5. The molecule has 1 saturated carbocycles. The zero-order valence-electron chi connectivity index (χ0n) is 11.1. The van der Waals surface area contributed by atoms with Crippen molar-refractivity contribution in [1.29, 1.82) is 0 Å². The molecule has 102 valence electrons. The van der Waals surface area contributed by atoms with Crippen molar-refractivity contribution >= 4 is 5.84 Å². The van der Waals surface area contributed by atoms with Gasteiger partial charge in [-0.1, -0.05) is 12.8 Å². The fourth-order valence-electron chi connectivity index (χ4n) is 3.08. The van der Waals surface area contributed by atoms with E-state index >= 15 is 0 Å². The highest BCUT2D eigenvalue weighted by atomic mass is 15.5. The standard InChI is InChI=1S/C13H20N6/c1-9-7-16-19(8-9)13(10-4-2-3-5-10)17-11(14)6-12(15)18-13/h6-8,10,17H,2-5,14H2,1H3,(H2,15,18). The molecule has 0 aromatic carbocycles. The summed E-state index contributed by atoms with van der Waals surface area (Å²) in [5.74, 6) is 0.703. The number of nitrogens with zero attached hydrogens (tertiary/aromatic N) is 3. The minimum atomic E-state index is -0.659. The van der Waals surface area contributed by atoms with Gasteiger partial charge in [0.25, 0.3) is 0 Å². The van der Waals surface area contributed by atoms with Crippen LogP contribution in [0.3, 0.4) is 0 Å². The van der Waals surface area contributed by atoms with E-state index in [0.29, 0.717) is 17.6 Å². The molecule has 1 unspecified atom stereocenters. The van der Waals surface area contributed by atoms with Gasteiger partial charge in [0, 0.05) is 18.2 Å². The molecule has 2 heterocycles. The zero-order valence-corrected chi connectivity index (χ0v) is 11.1. The van der Waals surface area contributed by atoms with Crippen molar-refractivity contribution < 1.29 is 0 Å². The first kappa shape index (κ1) is 12.1. The van der Waals surface area contributed by atoms with E-state index in [1.807, 2.05) is 24.0 Å². The maximum atomic E-state index is 5.96. The highest BCUT2D eigenvalue weighted by Crippen LogP contribution is 2.39. The lowest BCUT2D eigenvalue weighted by Gasteiger charge is -2.39. The Morgan fingerprint density at radius 2 is 2.11 bits per heavy atom. The summed E-state index contributed by atoms with van der Waals surface area (Å²) in [5.41, 5.74) is 13.0. The second-order valence-electron chi connectivity index (χ2n) is 5.43. The van der Waals surface area contributed by atoms with Crippen molar-refractivity contribution in [1.82, 2.24) is 15.1 Å². The molecule has 3 rings (SSSR count). The molecule has 6 nitrogen and oxygen atoms in total. The summed E-state index contributed by atoms with van der Waals surface area (Å²) in [5, 5.41) is 7.74. The third-order valence-corrected chi connectivity index (χ3v) is 3.92. The number of hydrogen-bond donors (Lipinski definition) is 3. The first-order valence-electron chi connectivity index (χ1n) is 6.72. The van der Waals surface area contributed by atoms with Gasteiger partial charge in [0.1, 0.15) is 11.7 Å². The predicted molar refractivity (Wildman–Crippen MR) is 73.9 cm³/mol. The molecule has 1 aliphatic heterocycles. The van der Waals surface area contributed by atoms with Gasteiger partial charge in [0.05, 0.1) is 6.20 Å². The number of rotatable bonds is 2. The Labute approximate surface area is 112 Å². The number of aromatic nitrogens is 2. The van der Waals surface area contributed by atoms with E-state index in [4.69, 9.17) is 11.5 Å². The van der Waals surface area contributed by atoms with Crippen LogP contribution >= 0.6 is 0 Å². The average Bonchev–Trinajstić information content (AvgIpc) is 2.97. The van der Waals surface area contributed by atoms with E-state index < -0.39 is 5.79 Å². The molecule has 1 fully saturated rings. The second-order valence-corrected chi connectivity index (χ2v) is 5.43. The first-order valence-corrected chi connectivity index (χ1v) is 6.72. The molecular formula is C13H20N6. The van der Waals surface area contributed by atoms with Crippen molar-refractivity contribution in [3.63, 3.8) is 0 Å². The van der Waals surface area contributed by atoms with Gasteiger partial charge in [-0.05, 0) is 25.3 Å². The van der Waals surface area contributed by atoms with Crippen LogP contribution in [0.4, 0.5) is 0 Å². The smallest absolute Gasteiger partial charge is 0.232 e. The maximum absolute atomic E-state index is 5.96. The summed E-state index contributed by atoms with van der Waals surface area (Å²) >= 11 is 0. The topological polar surface area (TPSA) is 94.2 Å². The molecule has 1 aromatic rings. The maximum Gasteiger partial charge on any atom is 0.232 e. The Morgan fingerprint density at radius 3 is 2.68 bits per heavy atom. The Balaban J connectivity index is 2.08. The van der Waals surface area contributed by atoms with Gasteiger partial charge < -0.3 is 16.8 Å². The highest BCUT2D eigenvalue weighted by Gasteiger charge is 2.44. The molecule has 5 N–H and O–H groups in total. The average molecular weight is 260 g/mol. The van der Waals surface area contributed by atoms with E-state index in [-0.39, 0.29) is 0 Å². The molecule has 0 amide bonds. The van der Waals surface area contributed by atoms with E-state index in [1.54, 1.807) is 6.08 Å². The molecule has 19 heavy (non-hydrogen) atoms. The highest BCUT2D eigenvalue weighted by molar-refractivity contribution is 5.92. The number of aryl methyl sites for hydroxylation is 1. The summed E-state index contributed by atoms with van der Waals surface area (Å²) in [4.78, 5) is 4.66. The van der Waals surface area contributed by atoms with Gasteiger partial charge in [0.15, 0.2) is 0 Å². The Bertz CT molecular complexity index is 537. The summed E-state index contributed by atoms with van der Waals surface area (Å²) in [6.07, 6.45) is 10.1. The lowest BCUT2D eigenvalue weighted by Crippen LogP contribution is -2.55. The second kappa shape index (κ2) is 4.29. The van der Waals surface area contributed by atoms with Crippen LogP contribution < -0.4 is 16.8 Å². The minimum Gasteiger partial charge on any atom is -0.385 e. The largest absolute Gasteiger partial charge is 0.385 e. The summed E-state index contributed by atoms with van der Waals surface area (Å²) in [6.45, 7) is 2.01. The minimum absolute atomic E-state index is 0.359. The normalized spacial score (nSPS) is 27.8. The van der Waals surface area contributed by atoms with Gasteiger partial charge in [-0.25, -0.2) is 9.67 Å². The quantitative estimate of drug-likeness (QED) is 0.731. The van der Waals surface area contributed by atoms with Crippen molar-refractivity contribution in [2.45, 2.75) is 38.4 Å². The number of aliphatic imine (C=N–C) groups is 1. The van der Waals surface area contributed by atoms with Gasteiger partial charge in [0.2, 0.25) is 5.79 Å². The summed E-state index contributed by atoms with van der Waals surface area (Å²) in [6, 6.07) is 0. The van der Waals surface area contributed by atoms with Crippen molar-refractivity contribution in [2.24, 2.45) is 22.4 Å². The van der Waals surface area contributed by atoms with E-state index in [2.05, 4.69) is 15.4 Å². The molecule has 1 atom stereocenters. The number of hydrogen-bond acceptors (Lipinski definition) is 5. The van der Waals surface area contributed by atoms with Crippen LogP contribution in [-0.2, 0) is 5.79 Å². The monoisotopic (exact) mass is 260 g/mol. The van der Waals surface area contributed by atoms with Crippen molar-refractivity contribution in [2.75, 3.05) is 0 Å². The van der Waals surface area contributed by atoms with Gasteiger partial charge in [-0.3, -0.25) is 0 Å². The van der Waals surface area contributed by atoms with Crippen LogP contribution in [0, 0.1) is 12.8 Å². The Kier molecular flexibility index (Phi) is 2.73. The molecular weight excluding hydrogens is 240 g/mol. The SMILES string of the molecule is Cc1cnn(C2(C3CCCC3)N=C(N)C=C(N)N2)c1. The fraction of sp³-hybridized carbons (Fsp3) is 0.538. The first-order chi connectivity index (χ1) is 9.10. The van der Waals surface area contributed by atoms with Gasteiger partial charge >= 0.3 is 0 Å². The Morgan fingerprint density at radius 1 is 1.37 bits per heavy atom. The number of nitrogens with one attached hydrogen (secondary N) is 1. The molecule has 1 aromatic heterocycles. The molecule has 0 radical (unpaired) electrons. The molecule has 1 aliphatic carbocycles. The van der Waals surface area contributed by atoms with Crippen molar-refractivity contribution in [3.05, 3.63) is 29.9 Å². The van der Waals surface area contributed by atoms with Crippen molar-refractivity contribution in [3.8, 4) is 0 Å². The number of amidine groups is 1. The third kappa shape index (κ3) is 1.97. The molecule has 0 spiro atoms. The van der Waals surface area contributed by atoms with E-state index in [9.17, 15) is 0 Å². The predicted octanol–water partition coefficient (Wildman–Crippen LogP) is 0.753. The van der Waals surface area contributed by atoms with Crippen LogP contribution in [0.1, 0.15) is 31.2 Å². The van der Waals surface area contributed by atoms with Crippen LogP contribution in [0.2, 0.25) is 0 Å². The molecule has 2 aliphatic rings. The lowest BCUT2D eigenvalue weighted by molar-refractivity contribution is 0.122. The summed E-state index contributed by atoms with van der Waals surface area (Å²) in [7, 11) is 0. The number of nitrogens with two attached hydrogens (primary N) is 2. The fourth-order valence-corrected chi connectivity index (χ4v) is 3.08. The van der Waals surface area contributed by atoms with Crippen LogP contribution in [0.5, 0.6) is 0 Å². The van der Waals surface area contributed by atoms with Gasteiger partial charge in [-0.2, -0.15) is 5.10 Å². The summed E-state index contributed by atoms with van der Waals surface area (Å²) < 4.78 is 1.87. The van der Waals surface area contributed by atoms with Crippen LogP contribution in [-0.4, -0.2) is 15.6 Å². The van der Waals surface area contributed by atoms with E-state index in [0.717, 1.165) is 18.4 Å². The molecule has 0 bridgehead atoms. The lowest BCUT2D eigenvalue weighted by atomic mass is 9.97. The van der Waals surface area contributed by atoms with Gasteiger partial charge in [-0.15, -0.1) is 0 Å². The van der Waals surface area contributed by atoms with E-state index in [1.165, 1.54) is 12.8 Å². The van der Waals surface area contributed by atoms with Crippen LogP contribution in [0.25, 0.3) is 0 Å². The van der Waals surface area contributed by atoms with Crippen LogP contribution in [0.15, 0.2) is 29.3 Å². The Hall–Kier alpha value is -1.98. The molecule has 6 heteroatoms.